The van der Waals surface area contributed by atoms with Gasteiger partial charge >= 0.3 is 0 Å². The Balaban J connectivity index is 0.000000937. The van der Waals surface area contributed by atoms with Gasteiger partial charge in [-0.3, -0.25) is 19.6 Å². The number of hydrogen-bond acceptors (Lipinski definition) is 6. The summed E-state index contributed by atoms with van der Waals surface area (Å²) in [6.07, 6.45) is 6.15. The summed E-state index contributed by atoms with van der Waals surface area (Å²) in [5, 5.41) is 22.1. The first kappa shape index (κ1) is 25.6. The molecule has 0 aliphatic carbocycles. The number of carbonyl (C=O) groups is 2. The molecule has 5 aromatic rings. The van der Waals surface area contributed by atoms with Crippen molar-refractivity contribution in [1.82, 2.24) is 25.1 Å². The number of anilines is 1. The molecular weight excluding hydrogens is 500 g/mol. The number of amides is 1. The number of nitrogens with one attached hydrogen (secondary N) is 3. The molecule has 0 saturated carbocycles. The second kappa shape index (κ2) is 10.8. The zero-order valence-corrected chi connectivity index (χ0v) is 22.1. The minimum atomic E-state index is -0.250. The highest BCUT2D eigenvalue weighted by Crippen LogP contribution is 2.34. The molecule has 2 aromatic carbocycles. The number of likely N-dealkylation sites (tertiary alicyclic amines) is 1. The van der Waals surface area contributed by atoms with Gasteiger partial charge in [0.1, 0.15) is 10.7 Å². The number of thiazole rings is 1. The van der Waals surface area contributed by atoms with Crippen molar-refractivity contribution in [3.05, 3.63) is 64.9 Å². The largest absolute Gasteiger partial charge is 0.483 e. The zero-order valence-electron chi connectivity index (χ0n) is 21.3. The molecule has 4 N–H and O–H groups in total. The van der Waals surface area contributed by atoms with Gasteiger partial charge < -0.3 is 15.4 Å². The lowest BCUT2D eigenvalue weighted by Crippen LogP contribution is -2.39. The molecule has 1 saturated heterocycles. The maximum atomic E-state index is 13.2. The van der Waals surface area contributed by atoms with Crippen LogP contribution in [0.5, 0.6) is 0 Å². The van der Waals surface area contributed by atoms with Crippen molar-refractivity contribution in [2.45, 2.75) is 33.2 Å². The van der Waals surface area contributed by atoms with Crippen molar-refractivity contribution in [2.24, 2.45) is 5.41 Å². The molecule has 10 heteroatoms. The normalized spacial score (nSPS) is 15.2. The van der Waals surface area contributed by atoms with Crippen molar-refractivity contribution in [3.63, 3.8) is 0 Å². The van der Waals surface area contributed by atoms with Gasteiger partial charge in [0.15, 0.2) is 0 Å². The standard InChI is InChI=1S/C27H28N6OS.CH2O2/c1-27(2)8-4-10-33(16-27)14-25-30-24(15-35-25)26(34)31-22-11-17(12-23-20(22)13-29-32-23)18-5-3-6-21-19(18)7-9-28-21;2-1-3/h3,5-7,9,11-13,15,28H,4,8,10,14,16H2,1-2H3,(H,29,32)(H,31,34);1H,(H,2,3). The van der Waals surface area contributed by atoms with Crippen molar-refractivity contribution in [1.29, 1.82) is 0 Å². The fraction of sp³-hybridized carbons (Fsp3) is 0.286. The van der Waals surface area contributed by atoms with Crippen LogP contribution in [0.25, 0.3) is 32.9 Å². The third kappa shape index (κ3) is 5.46. The number of aromatic nitrogens is 4. The predicted molar refractivity (Wildman–Crippen MR) is 150 cm³/mol. The number of benzene rings is 2. The summed E-state index contributed by atoms with van der Waals surface area (Å²) in [5.74, 6) is -0.203. The average Bonchev–Trinajstić information content (AvgIpc) is 3.64. The van der Waals surface area contributed by atoms with E-state index < -0.39 is 0 Å². The quantitative estimate of drug-likeness (QED) is 0.215. The lowest BCUT2D eigenvalue weighted by atomic mass is 9.84. The third-order valence-electron chi connectivity index (χ3n) is 6.84. The van der Waals surface area contributed by atoms with Gasteiger partial charge in [0.2, 0.25) is 0 Å². The molecule has 6 rings (SSSR count). The van der Waals surface area contributed by atoms with E-state index in [1.54, 1.807) is 17.5 Å². The summed E-state index contributed by atoms with van der Waals surface area (Å²) in [6, 6.07) is 12.3. The first-order chi connectivity index (χ1) is 18.4. The van der Waals surface area contributed by atoms with Gasteiger partial charge in [-0.2, -0.15) is 5.10 Å². The summed E-state index contributed by atoms with van der Waals surface area (Å²) in [7, 11) is 0. The maximum absolute atomic E-state index is 13.2. The summed E-state index contributed by atoms with van der Waals surface area (Å²) in [6.45, 7) is 7.34. The van der Waals surface area contributed by atoms with Crippen molar-refractivity contribution < 1.29 is 14.7 Å². The van der Waals surface area contributed by atoms with E-state index in [2.05, 4.69) is 68.5 Å². The third-order valence-corrected chi connectivity index (χ3v) is 7.67. The Bertz CT molecular complexity index is 1580. The van der Waals surface area contributed by atoms with Crippen LogP contribution in [0, 0.1) is 5.41 Å². The van der Waals surface area contributed by atoms with Crippen molar-refractivity contribution in [3.8, 4) is 11.1 Å². The summed E-state index contributed by atoms with van der Waals surface area (Å²) in [4.78, 5) is 31.9. The van der Waals surface area contributed by atoms with E-state index in [-0.39, 0.29) is 12.4 Å². The molecule has 1 aliphatic heterocycles. The van der Waals surface area contributed by atoms with Crippen LogP contribution in [-0.2, 0) is 11.3 Å². The summed E-state index contributed by atoms with van der Waals surface area (Å²) in [5.41, 5.74) is 5.56. The van der Waals surface area contributed by atoms with Crippen molar-refractivity contribution in [2.75, 3.05) is 18.4 Å². The highest BCUT2D eigenvalue weighted by Gasteiger charge is 2.27. The fourth-order valence-electron chi connectivity index (χ4n) is 5.19. The van der Waals surface area contributed by atoms with E-state index >= 15 is 0 Å². The first-order valence-electron chi connectivity index (χ1n) is 12.5. The minimum absolute atomic E-state index is 0.203. The summed E-state index contributed by atoms with van der Waals surface area (Å²) >= 11 is 1.55. The number of aromatic amines is 2. The Morgan fingerprint density at radius 3 is 2.89 bits per heavy atom. The van der Waals surface area contributed by atoms with E-state index in [0.717, 1.165) is 63.3 Å². The molecule has 1 amide bonds. The molecule has 4 heterocycles. The highest BCUT2D eigenvalue weighted by atomic mass is 32.1. The molecular formula is C28H30N6O3S. The molecule has 196 valence electrons. The Morgan fingerprint density at radius 1 is 1.24 bits per heavy atom. The topological polar surface area (TPSA) is 127 Å². The second-order valence-corrected chi connectivity index (χ2v) is 11.2. The van der Waals surface area contributed by atoms with Crippen LogP contribution >= 0.6 is 11.3 Å². The van der Waals surface area contributed by atoms with Gasteiger partial charge in [-0.05, 0) is 60.2 Å². The Labute approximate surface area is 223 Å². The molecule has 1 fully saturated rings. The minimum Gasteiger partial charge on any atom is -0.483 e. The van der Waals surface area contributed by atoms with Gasteiger partial charge in [-0.25, -0.2) is 4.98 Å². The van der Waals surface area contributed by atoms with E-state index in [1.165, 1.54) is 12.8 Å². The maximum Gasteiger partial charge on any atom is 0.290 e. The first-order valence-corrected chi connectivity index (χ1v) is 13.3. The number of carbonyl (C=O) groups excluding carboxylic acids is 1. The summed E-state index contributed by atoms with van der Waals surface area (Å²) < 4.78 is 0. The molecule has 0 atom stereocenters. The average molecular weight is 531 g/mol. The second-order valence-electron chi connectivity index (χ2n) is 10.3. The van der Waals surface area contributed by atoms with Gasteiger partial charge in [0.05, 0.1) is 23.9 Å². The molecule has 0 spiro atoms. The molecule has 38 heavy (non-hydrogen) atoms. The van der Waals surface area contributed by atoms with Crippen LogP contribution in [0.1, 0.15) is 42.2 Å². The van der Waals surface area contributed by atoms with Crippen LogP contribution in [0.2, 0.25) is 0 Å². The van der Waals surface area contributed by atoms with E-state index in [4.69, 9.17) is 9.90 Å². The fourth-order valence-corrected chi connectivity index (χ4v) is 6.01. The van der Waals surface area contributed by atoms with Crippen LogP contribution in [0.4, 0.5) is 5.69 Å². The lowest BCUT2D eigenvalue weighted by molar-refractivity contribution is -0.122. The predicted octanol–water partition coefficient (Wildman–Crippen LogP) is 5.74. The molecule has 0 unspecified atom stereocenters. The van der Waals surface area contributed by atoms with Crippen molar-refractivity contribution >= 4 is 51.2 Å². The van der Waals surface area contributed by atoms with Gasteiger partial charge in [-0.15, -0.1) is 11.3 Å². The Kier molecular flexibility index (Phi) is 7.26. The highest BCUT2D eigenvalue weighted by molar-refractivity contribution is 7.09. The van der Waals surface area contributed by atoms with Gasteiger partial charge in [-0.1, -0.05) is 26.0 Å². The monoisotopic (exact) mass is 530 g/mol. The van der Waals surface area contributed by atoms with E-state index in [0.29, 0.717) is 11.1 Å². The smallest absolute Gasteiger partial charge is 0.290 e. The number of fused-ring (bicyclic) bond motifs is 2. The van der Waals surface area contributed by atoms with Crippen LogP contribution in [0.15, 0.2) is 54.2 Å². The molecule has 1 aliphatic rings. The van der Waals surface area contributed by atoms with Gasteiger partial charge in [0.25, 0.3) is 12.4 Å². The molecule has 9 nitrogen and oxygen atoms in total. The number of piperidine rings is 1. The Morgan fingerprint density at radius 2 is 2.08 bits per heavy atom. The molecule has 3 aromatic heterocycles. The number of carboxylic acid groups (broad SMARTS) is 1. The zero-order chi connectivity index (χ0) is 26.7. The Hall–Kier alpha value is -4.02. The van der Waals surface area contributed by atoms with Crippen LogP contribution in [-0.4, -0.2) is 55.6 Å². The number of H-pyrrole nitrogens is 2. The van der Waals surface area contributed by atoms with Crippen LogP contribution in [0.3, 0.4) is 0 Å². The van der Waals surface area contributed by atoms with E-state index in [1.807, 2.05) is 23.7 Å². The number of hydrogen-bond donors (Lipinski definition) is 4. The molecule has 0 bridgehead atoms. The SMILES string of the molecule is CC1(C)CCCN(Cc2nc(C(=O)Nc3cc(-c4cccc5[nH]ccc45)cc4[nH]ncc34)cs2)C1.O=CO. The lowest BCUT2D eigenvalue weighted by Gasteiger charge is -2.37. The number of rotatable bonds is 5. The van der Waals surface area contributed by atoms with E-state index in [9.17, 15) is 4.79 Å². The molecule has 0 radical (unpaired) electrons. The van der Waals surface area contributed by atoms with Gasteiger partial charge in [0, 0.05) is 34.4 Å². The number of nitrogens with zero attached hydrogens (tertiary/aromatic N) is 3. The van der Waals surface area contributed by atoms with Crippen LogP contribution < -0.4 is 5.32 Å².